The Hall–Kier alpha value is -3.74. The Bertz CT molecular complexity index is 1230. The molecule has 200 valence electrons. The van der Waals surface area contributed by atoms with Crippen molar-refractivity contribution in [2.24, 2.45) is 0 Å². The van der Waals surface area contributed by atoms with Crippen molar-refractivity contribution in [1.82, 2.24) is 0 Å². The van der Waals surface area contributed by atoms with Crippen LogP contribution in [0.15, 0.2) is 66.7 Å². The zero-order valence-corrected chi connectivity index (χ0v) is 21.8. The molecule has 0 spiro atoms. The summed E-state index contributed by atoms with van der Waals surface area (Å²) >= 11 is 0. The summed E-state index contributed by atoms with van der Waals surface area (Å²) in [5.41, 5.74) is 3.56. The minimum atomic E-state index is -0.755. The molecule has 7 heteroatoms. The summed E-state index contributed by atoms with van der Waals surface area (Å²) in [5.74, 6) is 0.524. The Morgan fingerprint density at radius 1 is 1.00 bits per heavy atom. The fraction of sp³-hybridized carbons (Fsp3) is 0.387. The van der Waals surface area contributed by atoms with E-state index in [1.165, 1.54) is 0 Å². The molecule has 3 aromatic rings. The van der Waals surface area contributed by atoms with Crippen LogP contribution in [-0.2, 0) is 11.2 Å². The molecule has 2 heterocycles. The number of benzene rings is 3. The minimum absolute atomic E-state index is 0.0509. The van der Waals surface area contributed by atoms with Crippen LogP contribution >= 0.6 is 0 Å². The molecule has 0 aliphatic carbocycles. The predicted molar refractivity (Wildman–Crippen MR) is 147 cm³/mol. The van der Waals surface area contributed by atoms with Crippen molar-refractivity contribution >= 4 is 17.3 Å². The van der Waals surface area contributed by atoms with E-state index in [0.29, 0.717) is 30.9 Å². The Kier molecular flexibility index (Phi) is 8.01. The smallest absolute Gasteiger partial charge is 0.305 e. The van der Waals surface area contributed by atoms with E-state index in [0.717, 1.165) is 54.8 Å². The summed E-state index contributed by atoms with van der Waals surface area (Å²) in [7, 11) is 1.63. The average molecular weight is 519 g/mol. The number of hydrogen-bond acceptors (Lipinski definition) is 5. The van der Waals surface area contributed by atoms with Crippen molar-refractivity contribution in [2.45, 2.75) is 50.7 Å². The summed E-state index contributed by atoms with van der Waals surface area (Å²) in [5, 5.41) is 9.19. The maximum Gasteiger partial charge on any atom is 0.305 e. The Morgan fingerprint density at radius 3 is 2.42 bits per heavy atom. The van der Waals surface area contributed by atoms with Gasteiger partial charge in [-0.1, -0.05) is 30.3 Å². The van der Waals surface area contributed by atoms with Crippen LogP contribution < -0.4 is 19.3 Å². The van der Waals surface area contributed by atoms with Crippen molar-refractivity contribution in [1.29, 1.82) is 0 Å². The van der Waals surface area contributed by atoms with E-state index in [1.807, 2.05) is 60.7 Å². The van der Waals surface area contributed by atoms with Crippen LogP contribution in [0.4, 0.5) is 15.8 Å². The molecular formula is C31H35FN2O4. The number of carbonyl (C=O) groups is 1. The molecule has 3 aromatic carbocycles. The molecule has 0 aromatic heterocycles. The van der Waals surface area contributed by atoms with Gasteiger partial charge in [-0.05, 0) is 48.7 Å². The van der Waals surface area contributed by atoms with Gasteiger partial charge in [-0.15, -0.1) is 0 Å². The Labute approximate surface area is 223 Å². The molecule has 2 aliphatic heterocycles. The van der Waals surface area contributed by atoms with Gasteiger partial charge >= 0.3 is 5.97 Å². The third-order valence-corrected chi connectivity index (χ3v) is 7.63. The van der Waals surface area contributed by atoms with Gasteiger partial charge in [0.1, 0.15) is 23.4 Å². The third-order valence-electron chi connectivity index (χ3n) is 7.63. The van der Waals surface area contributed by atoms with Crippen molar-refractivity contribution < 1.29 is 23.8 Å². The van der Waals surface area contributed by atoms with Crippen LogP contribution in [0.5, 0.6) is 11.5 Å². The number of methoxy groups -OCH3 is 1. The number of piperidine rings is 1. The van der Waals surface area contributed by atoms with Gasteiger partial charge < -0.3 is 24.4 Å². The summed E-state index contributed by atoms with van der Waals surface area (Å²) in [6, 6.07) is 21.5. The van der Waals surface area contributed by atoms with E-state index in [9.17, 15) is 9.90 Å². The maximum atomic E-state index is 15.2. The molecule has 0 saturated carbocycles. The maximum absolute atomic E-state index is 15.2. The van der Waals surface area contributed by atoms with Crippen LogP contribution in [0.3, 0.4) is 0 Å². The number of ether oxygens (including phenoxy) is 2. The van der Waals surface area contributed by atoms with Gasteiger partial charge in [-0.2, -0.15) is 0 Å². The van der Waals surface area contributed by atoms with Gasteiger partial charge in [0.2, 0.25) is 0 Å². The number of carboxylic acids is 1. The van der Waals surface area contributed by atoms with Crippen molar-refractivity contribution in [3.8, 4) is 11.5 Å². The molecule has 0 amide bonds. The molecule has 5 rings (SSSR count). The molecule has 1 N–H and O–H groups in total. The fourth-order valence-corrected chi connectivity index (χ4v) is 5.68. The summed E-state index contributed by atoms with van der Waals surface area (Å²) < 4.78 is 27.1. The van der Waals surface area contributed by atoms with Crippen LogP contribution in [0.1, 0.15) is 43.2 Å². The minimum Gasteiger partial charge on any atom is -0.496 e. The quantitative estimate of drug-likeness (QED) is 0.380. The molecule has 1 unspecified atom stereocenters. The van der Waals surface area contributed by atoms with Crippen LogP contribution in [0.2, 0.25) is 0 Å². The molecule has 0 bridgehead atoms. The largest absolute Gasteiger partial charge is 0.496 e. The number of aliphatic carboxylic acids is 1. The Balaban J connectivity index is 1.18. The highest BCUT2D eigenvalue weighted by atomic mass is 19.1. The second kappa shape index (κ2) is 11.8. The lowest BCUT2D eigenvalue weighted by molar-refractivity contribution is -0.137. The lowest BCUT2D eigenvalue weighted by Gasteiger charge is -2.34. The highest BCUT2D eigenvalue weighted by Gasteiger charge is 2.27. The van der Waals surface area contributed by atoms with Crippen LogP contribution in [-0.4, -0.2) is 50.0 Å². The highest BCUT2D eigenvalue weighted by molar-refractivity contribution is 5.69. The molecule has 2 aliphatic rings. The summed E-state index contributed by atoms with van der Waals surface area (Å²) in [6.07, 6.45) is 4.35. The molecule has 6 nitrogen and oxygen atoms in total. The lowest BCUT2D eigenvalue weighted by atomic mass is 10.0. The molecule has 1 atom stereocenters. The lowest BCUT2D eigenvalue weighted by Crippen LogP contribution is -2.38. The van der Waals surface area contributed by atoms with E-state index in [2.05, 4.69) is 9.80 Å². The van der Waals surface area contributed by atoms with E-state index >= 15 is 4.39 Å². The zero-order chi connectivity index (χ0) is 26.5. The summed E-state index contributed by atoms with van der Waals surface area (Å²) in [4.78, 5) is 15.4. The number of carboxylic acid groups (broad SMARTS) is 1. The molecular weight excluding hydrogens is 483 g/mol. The van der Waals surface area contributed by atoms with E-state index < -0.39 is 5.97 Å². The Morgan fingerprint density at radius 2 is 1.74 bits per heavy atom. The van der Waals surface area contributed by atoms with Crippen molar-refractivity contribution in [2.75, 3.05) is 36.5 Å². The number of halogens is 1. The van der Waals surface area contributed by atoms with Gasteiger partial charge in [-0.3, -0.25) is 4.79 Å². The first-order chi connectivity index (χ1) is 18.5. The second-order valence-electron chi connectivity index (χ2n) is 10.2. The number of rotatable bonds is 9. The third kappa shape index (κ3) is 6.04. The molecule has 38 heavy (non-hydrogen) atoms. The van der Waals surface area contributed by atoms with E-state index in [1.54, 1.807) is 13.2 Å². The molecule has 0 radical (unpaired) electrons. The summed E-state index contributed by atoms with van der Waals surface area (Å²) in [6.45, 7) is 2.28. The van der Waals surface area contributed by atoms with Crippen LogP contribution in [0, 0.1) is 5.82 Å². The SMILES string of the molecule is COc1cc(N2CCC(Oc3ccc(N4CCCC4CC(=O)O)cc3)CC2)c(F)cc1Cc1ccccc1. The van der Waals surface area contributed by atoms with Gasteiger partial charge in [0.15, 0.2) is 0 Å². The topological polar surface area (TPSA) is 62.2 Å². The molecule has 2 fully saturated rings. The number of hydrogen-bond donors (Lipinski definition) is 1. The van der Waals surface area contributed by atoms with Gasteiger partial charge in [0.05, 0.1) is 19.2 Å². The second-order valence-corrected chi connectivity index (χ2v) is 10.2. The van der Waals surface area contributed by atoms with Crippen molar-refractivity contribution in [3.05, 3.63) is 83.7 Å². The normalized spacial score (nSPS) is 18.0. The first-order valence-electron chi connectivity index (χ1n) is 13.4. The zero-order valence-electron chi connectivity index (χ0n) is 21.8. The molecule has 2 saturated heterocycles. The monoisotopic (exact) mass is 518 g/mol. The fourth-order valence-electron chi connectivity index (χ4n) is 5.68. The highest BCUT2D eigenvalue weighted by Crippen LogP contribution is 2.33. The van der Waals surface area contributed by atoms with E-state index in [-0.39, 0.29) is 24.4 Å². The predicted octanol–water partition coefficient (Wildman–Crippen LogP) is 5.92. The van der Waals surface area contributed by atoms with Crippen LogP contribution in [0.25, 0.3) is 0 Å². The van der Waals surface area contributed by atoms with Gasteiger partial charge in [0, 0.05) is 62.3 Å². The number of anilines is 2. The van der Waals surface area contributed by atoms with Crippen molar-refractivity contribution in [3.63, 3.8) is 0 Å². The first-order valence-corrected chi connectivity index (χ1v) is 13.4. The standard InChI is InChI=1S/C31H35FN2O4/c1-37-30-21-29(28(32)19-23(30)18-22-6-3-2-4-7-22)33-16-13-27(14-17-33)38-26-11-9-24(10-12-26)34-15-5-8-25(34)20-31(35)36/h2-4,6-7,9-12,19,21,25,27H,5,8,13-18,20H2,1H3,(H,35,36). The van der Waals surface area contributed by atoms with Gasteiger partial charge in [-0.25, -0.2) is 4.39 Å². The average Bonchev–Trinajstić information content (AvgIpc) is 3.38. The van der Waals surface area contributed by atoms with E-state index in [4.69, 9.17) is 9.47 Å². The number of nitrogens with zero attached hydrogens (tertiary/aromatic N) is 2. The first kappa shape index (κ1) is 25.9. The van der Waals surface area contributed by atoms with Gasteiger partial charge in [0.25, 0.3) is 0 Å².